The normalized spacial score (nSPS) is 21.0. The van der Waals surface area contributed by atoms with Crippen molar-refractivity contribution in [2.75, 3.05) is 0 Å². The predicted octanol–water partition coefficient (Wildman–Crippen LogP) is 5.04. The second-order valence-corrected chi connectivity index (χ2v) is 5.07. The molecule has 0 nitrogen and oxygen atoms in total. The van der Waals surface area contributed by atoms with Gasteiger partial charge in [-0.2, -0.15) is 0 Å². The van der Waals surface area contributed by atoms with Gasteiger partial charge in [-0.15, -0.1) is 0 Å². The van der Waals surface area contributed by atoms with Crippen molar-refractivity contribution in [3.05, 3.63) is 34.9 Å². The van der Waals surface area contributed by atoms with Gasteiger partial charge >= 0.3 is 0 Å². The fourth-order valence-corrected chi connectivity index (χ4v) is 1.84. The average molecular weight is 204 g/mol. The third-order valence-corrected chi connectivity index (χ3v) is 3.05. The molecule has 1 aliphatic carbocycles. The SMILES string of the molecule is CC1=CCC(=C(C)C=CCC(C)C)CC1. The molecule has 0 amide bonds. The van der Waals surface area contributed by atoms with E-state index < -0.39 is 0 Å². The Bertz CT molecular complexity index is 287. The van der Waals surface area contributed by atoms with Crippen molar-refractivity contribution in [1.29, 1.82) is 0 Å². The van der Waals surface area contributed by atoms with E-state index in [1.807, 2.05) is 0 Å². The van der Waals surface area contributed by atoms with Gasteiger partial charge in [-0.25, -0.2) is 0 Å². The highest BCUT2D eigenvalue weighted by molar-refractivity contribution is 5.29. The van der Waals surface area contributed by atoms with E-state index in [9.17, 15) is 0 Å². The fourth-order valence-electron chi connectivity index (χ4n) is 1.84. The van der Waals surface area contributed by atoms with Crippen molar-refractivity contribution in [2.24, 2.45) is 5.92 Å². The van der Waals surface area contributed by atoms with E-state index in [1.54, 1.807) is 11.1 Å². The molecule has 0 bridgehead atoms. The molecule has 0 aliphatic heterocycles. The minimum Gasteiger partial charge on any atom is -0.0840 e. The lowest BCUT2D eigenvalue weighted by atomic mass is 9.92. The van der Waals surface area contributed by atoms with Gasteiger partial charge in [-0.1, -0.05) is 48.8 Å². The molecular weight excluding hydrogens is 180 g/mol. The van der Waals surface area contributed by atoms with Crippen LogP contribution in [-0.2, 0) is 0 Å². The Labute approximate surface area is 94.8 Å². The molecule has 1 aliphatic rings. The van der Waals surface area contributed by atoms with Crippen LogP contribution in [0, 0.1) is 5.92 Å². The Kier molecular flexibility index (Phi) is 4.87. The molecule has 0 N–H and O–H groups in total. The standard InChI is InChI=1S/C15H24/c1-12(2)6-5-7-14(4)15-10-8-13(3)9-11-15/h5,7-8,12H,6,9-11H2,1-4H3. The molecule has 0 saturated carbocycles. The number of hydrogen-bond donors (Lipinski definition) is 0. The summed E-state index contributed by atoms with van der Waals surface area (Å²) in [5, 5.41) is 0. The number of rotatable bonds is 3. The highest BCUT2D eigenvalue weighted by atomic mass is 14.1. The molecule has 1 rings (SSSR count). The van der Waals surface area contributed by atoms with Crippen LogP contribution in [0.5, 0.6) is 0 Å². The number of allylic oxidation sites excluding steroid dienone is 6. The van der Waals surface area contributed by atoms with Crippen LogP contribution in [-0.4, -0.2) is 0 Å². The fraction of sp³-hybridized carbons (Fsp3) is 0.600. The predicted molar refractivity (Wildman–Crippen MR) is 68.9 cm³/mol. The molecule has 0 aromatic carbocycles. The second kappa shape index (κ2) is 5.95. The van der Waals surface area contributed by atoms with Crippen LogP contribution in [0.4, 0.5) is 0 Å². The minimum atomic E-state index is 0.771. The Morgan fingerprint density at radius 2 is 2.13 bits per heavy atom. The van der Waals surface area contributed by atoms with Gasteiger partial charge in [0.15, 0.2) is 0 Å². The van der Waals surface area contributed by atoms with Crippen LogP contribution in [0.3, 0.4) is 0 Å². The largest absolute Gasteiger partial charge is 0.0840 e. The van der Waals surface area contributed by atoms with Gasteiger partial charge in [-0.3, -0.25) is 0 Å². The van der Waals surface area contributed by atoms with E-state index in [2.05, 4.69) is 45.9 Å². The molecule has 0 heteroatoms. The second-order valence-electron chi connectivity index (χ2n) is 5.07. The first kappa shape index (κ1) is 12.3. The molecule has 0 atom stereocenters. The third kappa shape index (κ3) is 4.51. The maximum Gasteiger partial charge on any atom is -0.0130 e. The first-order valence-electron chi connectivity index (χ1n) is 6.10. The molecule has 0 radical (unpaired) electrons. The maximum absolute atomic E-state index is 2.37. The smallest absolute Gasteiger partial charge is 0.0130 e. The quantitative estimate of drug-likeness (QED) is 0.565. The molecule has 0 spiro atoms. The van der Waals surface area contributed by atoms with Gasteiger partial charge in [0.05, 0.1) is 0 Å². The van der Waals surface area contributed by atoms with E-state index in [1.165, 1.54) is 31.3 Å². The Balaban J connectivity index is 2.55. The van der Waals surface area contributed by atoms with E-state index in [-0.39, 0.29) is 0 Å². The zero-order valence-corrected chi connectivity index (χ0v) is 10.6. The van der Waals surface area contributed by atoms with Gasteiger partial charge in [0.25, 0.3) is 0 Å². The van der Waals surface area contributed by atoms with Crippen molar-refractivity contribution in [1.82, 2.24) is 0 Å². The lowest BCUT2D eigenvalue weighted by Gasteiger charge is -2.14. The molecule has 0 aromatic rings. The van der Waals surface area contributed by atoms with Gasteiger partial charge in [0.1, 0.15) is 0 Å². The summed E-state index contributed by atoms with van der Waals surface area (Å²) in [5.74, 6) is 0.771. The summed E-state index contributed by atoms with van der Waals surface area (Å²) in [6.45, 7) is 9.01. The molecule has 0 heterocycles. The van der Waals surface area contributed by atoms with Crippen LogP contribution < -0.4 is 0 Å². The summed E-state index contributed by atoms with van der Waals surface area (Å²) in [5.41, 5.74) is 4.66. The molecule has 0 saturated heterocycles. The maximum atomic E-state index is 2.37. The lowest BCUT2D eigenvalue weighted by molar-refractivity contribution is 0.663. The average Bonchev–Trinajstić information content (AvgIpc) is 2.18. The lowest BCUT2D eigenvalue weighted by Crippen LogP contribution is -1.94. The van der Waals surface area contributed by atoms with Crippen LogP contribution in [0.15, 0.2) is 34.9 Å². The van der Waals surface area contributed by atoms with Gasteiger partial charge in [0.2, 0.25) is 0 Å². The molecule has 84 valence electrons. The summed E-state index contributed by atoms with van der Waals surface area (Å²) >= 11 is 0. The molecule has 15 heavy (non-hydrogen) atoms. The van der Waals surface area contributed by atoms with Gasteiger partial charge in [-0.05, 0) is 45.4 Å². The molecular formula is C15H24. The van der Waals surface area contributed by atoms with E-state index in [4.69, 9.17) is 0 Å². The summed E-state index contributed by atoms with van der Waals surface area (Å²) in [6, 6.07) is 0. The first-order chi connectivity index (χ1) is 7.09. The summed E-state index contributed by atoms with van der Waals surface area (Å²) in [4.78, 5) is 0. The van der Waals surface area contributed by atoms with Crippen molar-refractivity contribution in [2.45, 2.75) is 53.4 Å². The van der Waals surface area contributed by atoms with E-state index in [0.29, 0.717) is 0 Å². The van der Waals surface area contributed by atoms with Crippen molar-refractivity contribution < 1.29 is 0 Å². The topological polar surface area (TPSA) is 0 Å². The number of hydrogen-bond acceptors (Lipinski definition) is 0. The first-order valence-corrected chi connectivity index (χ1v) is 6.10. The van der Waals surface area contributed by atoms with Gasteiger partial charge in [0, 0.05) is 0 Å². The third-order valence-electron chi connectivity index (χ3n) is 3.05. The van der Waals surface area contributed by atoms with Gasteiger partial charge < -0.3 is 0 Å². The molecule has 0 fully saturated rings. The van der Waals surface area contributed by atoms with Crippen molar-refractivity contribution in [3.63, 3.8) is 0 Å². The zero-order chi connectivity index (χ0) is 11.3. The van der Waals surface area contributed by atoms with Crippen LogP contribution in [0.25, 0.3) is 0 Å². The summed E-state index contributed by atoms with van der Waals surface area (Å²) < 4.78 is 0. The highest BCUT2D eigenvalue weighted by Gasteiger charge is 2.05. The van der Waals surface area contributed by atoms with Crippen molar-refractivity contribution >= 4 is 0 Å². The Morgan fingerprint density at radius 1 is 1.40 bits per heavy atom. The zero-order valence-electron chi connectivity index (χ0n) is 10.6. The van der Waals surface area contributed by atoms with E-state index >= 15 is 0 Å². The van der Waals surface area contributed by atoms with E-state index in [0.717, 1.165) is 5.92 Å². The van der Waals surface area contributed by atoms with Crippen molar-refractivity contribution in [3.8, 4) is 0 Å². The summed E-state index contributed by atoms with van der Waals surface area (Å²) in [6.07, 6.45) is 11.9. The summed E-state index contributed by atoms with van der Waals surface area (Å²) in [7, 11) is 0. The van der Waals surface area contributed by atoms with Crippen LogP contribution in [0.2, 0.25) is 0 Å². The monoisotopic (exact) mass is 204 g/mol. The van der Waals surface area contributed by atoms with Crippen LogP contribution in [0.1, 0.15) is 53.4 Å². The van der Waals surface area contributed by atoms with Crippen LogP contribution >= 0.6 is 0 Å². The molecule has 0 unspecified atom stereocenters. The Hall–Kier alpha value is -0.780. The minimum absolute atomic E-state index is 0.771. The Morgan fingerprint density at radius 3 is 2.67 bits per heavy atom. The molecule has 0 aromatic heterocycles. The highest BCUT2D eigenvalue weighted by Crippen LogP contribution is 2.25.